The number of carbonyl (C=O) groups is 1. The molecule has 3 rings (SSSR count). The van der Waals surface area contributed by atoms with Crippen LogP contribution >= 0.6 is 0 Å². The van der Waals surface area contributed by atoms with Gasteiger partial charge in [-0.3, -0.25) is 4.79 Å². The van der Waals surface area contributed by atoms with E-state index in [0.29, 0.717) is 12.5 Å². The van der Waals surface area contributed by atoms with Crippen molar-refractivity contribution in [2.75, 3.05) is 24.6 Å². The van der Waals surface area contributed by atoms with Gasteiger partial charge in [-0.2, -0.15) is 0 Å². The van der Waals surface area contributed by atoms with Crippen molar-refractivity contribution in [2.24, 2.45) is 0 Å². The maximum absolute atomic E-state index is 11.1. The zero-order valence-corrected chi connectivity index (χ0v) is 16.0. The fraction of sp³-hybridized carbons (Fsp3) is 0.450. The first-order valence-electron chi connectivity index (χ1n) is 9.28. The molecule has 0 radical (unpaired) electrons. The normalized spacial score (nSPS) is 15.0. The van der Waals surface area contributed by atoms with Gasteiger partial charge in [-0.05, 0) is 31.0 Å². The summed E-state index contributed by atoms with van der Waals surface area (Å²) >= 11 is 0. The topological polar surface area (TPSA) is 76.6 Å². The highest BCUT2D eigenvalue weighted by atomic mass is 16.5. The smallest absolute Gasteiger partial charge is 0.218 e. The Labute approximate surface area is 159 Å². The standard InChI is InChI=1S/C20H26N4O3/c1-4-9-26-20-10-19(21-13-22-20)24-11-18(12-24)27-17-7-5-16(6-8-17)14(2)23-15(3)25/h5-8,10,13-14,18H,4,9,11-12H2,1-3H3,(H,23,25). The zero-order chi connectivity index (χ0) is 19.2. The quantitative estimate of drug-likeness (QED) is 0.770. The molecule has 2 heterocycles. The number of nitrogens with zero attached hydrogens (tertiary/aromatic N) is 3. The lowest BCUT2D eigenvalue weighted by Crippen LogP contribution is -2.54. The molecule has 7 heteroatoms. The number of ether oxygens (including phenoxy) is 2. The van der Waals surface area contributed by atoms with Gasteiger partial charge in [0.15, 0.2) is 0 Å². The summed E-state index contributed by atoms with van der Waals surface area (Å²) in [6.07, 6.45) is 2.60. The van der Waals surface area contributed by atoms with Gasteiger partial charge in [-0.1, -0.05) is 19.1 Å². The second-order valence-corrected chi connectivity index (χ2v) is 6.70. The number of aromatic nitrogens is 2. The molecule has 2 aromatic rings. The largest absolute Gasteiger partial charge is 0.487 e. The number of nitrogens with one attached hydrogen (secondary N) is 1. The first kappa shape index (κ1) is 18.9. The summed E-state index contributed by atoms with van der Waals surface area (Å²) in [5.74, 6) is 2.25. The molecule has 27 heavy (non-hydrogen) atoms. The molecule has 1 N–H and O–H groups in total. The number of hydrogen-bond donors (Lipinski definition) is 1. The van der Waals surface area contributed by atoms with E-state index in [1.165, 1.54) is 13.3 Å². The van der Waals surface area contributed by atoms with Gasteiger partial charge in [0.25, 0.3) is 0 Å². The van der Waals surface area contributed by atoms with E-state index in [4.69, 9.17) is 9.47 Å². The van der Waals surface area contributed by atoms with Crippen LogP contribution in [0.1, 0.15) is 38.8 Å². The van der Waals surface area contributed by atoms with Crippen molar-refractivity contribution in [2.45, 2.75) is 39.3 Å². The second kappa shape index (κ2) is 8.70. The number of carbonyl (C=O) groups excluding carboxylic acids is 1. The predicted octanol–water partition coefficient (Wildman–Crippen LogP) is 2.73. The second-order valence-electron chi connectivity index (χ2n) is 6.70. The summed E-state index contributed by atoms with van der Waals surface area (Å²) in [7, 11) is 0. The van der Waals surface area contributed by atoms with E-state index in [-0.39, 0.29) is 18.1 Å². The van der Waals surface area contributed by atoms with E-state index in [0.717, 1.165) is 36.6 Å². The van der Waals surface area contributed by atoms with Crippen LogP contribution in [0.3, 0.4) is 0 Å². The molecule has 1 aromatic carbocycles. The summed E-state index contributed by atoms with van der Waals surface area (Å²) in [6.45, 7) is 7.74. The van der Waals surface area contributed by atoms with Crippen molar-refractivity contribution >= 4 is 11.7 Å². The molecule has 144 valence electrons. The Bertz CT molecular complexity index is 760. The number of benzene rings is 1. The fourth-order valence-corrected chi connectivity index (χ4v) is 2.90. The molecule has 1 aromatic heterocycles. The molecule has 1 unspecified atom stereocenters. The van der Waals surface area contributed by atoms with Crippen molar-refractivity contribution in [3.63, 3.8) is 0 Å². The molecule has 1 aliphatic heterocycles. The molecule has 0 spiro atoms. The van der Waals surface area contributed by atoms with Crippen LogP contribution in [0, 0.1) is 0 Å². The average molecular weight is 370 g/mol. The Hall–Kier alpha value is -2.83. The Morgan fingerprint density at radius 3 is 2.70 bits per heavy atom. The Balaban J connectivity index is 1.50. The fourth-order valence-electron chi connectivity index (χ4n) is 2.90. The molecule has 0 saturated carbocycles. The maximum atomic E-state index is 11.1. The minimum Gasteiger partial charge on any atom is -0.487 e. The highest BCUT2D eigenvalue weighted by Crippen LogP contribution is 2.25. The maximum Gasteiger partial charge on any atom is 0.218 e. The summed E-state index contributed by atoms with van der Waals surface area (Å²) in [4.78, 5) is 21.7. The molecule has 1 aliphatic rings. The number of anilines is 1. The highest BCUT2D eigenvalue weighted by Gasteiger charge is 2.30. The van der Waals surface area contributed by atoms with E-state index < -0.39 is 0 Å². The van der Waals surface area contributed by atoms with Crippen molar-refractivity contribution in [1.29, 1.82) is 0 Å². The summed E-state index contributed by atoms with van der Waals surface area (Å²) in [5.41, 5.74) is 1.05. The van der Waals surface area contributed by atoms with Gasteiger partial charge in [-0.25, -0.2) is 9.97 Å². The van der Waals surface area contributed by atoms with Crippen LogP contribution in [0.5, 0.6) is 11.6 Å². The Morgan fingerprint density at radius 2 is 2.04 bits per heavy atom. The third-order valence-electron chi connectivity index (χ3n) is 4.36. The third kappa shape index (κ3) is 5.09. The average Bonchev–Trinajstić information content (AvgIpc) is 2.62. The van der Waals surface area contributed by atoms with Gasteiger partial charge < -0.3 is 19.7 Å². The number of rotatable bonds is 8. The van der Waals surface area contributed by atoms with Crippen molar-refractivity contribution in [1.82, 2.24) is 15.3 Å². The number of amides is 1. The zero-order valence-electron chi connectivity index (χ0n) is 16.0. The summed E-state index contributed by atoms with van der Waals surface area (Å²) in [6, 6.07) is 9.69. The van der Waals surface area contributed by atoms with Crippen LogP contribution in [-0.2, 0) is 4.79 Å². The molecule has 0 aliphatic carbocycles. The summed E-state index contributed by atoms with van der Waals surface area (Å²) < 4.78 is 11.6. The van der Waals surface area contributed by atoms with Crippen molar-refractivity contribution < 1.29 is 14.3 Å². The molecule has 0 bridgehead atoms. The minimum atomic E-state index is -0.0367. The lowest BCUT2D eigenvalue weighted by atomic mass is 10.1. The lowest BCUT2D eigenvalue weighted by molar-refractivity contribution is -0.119. The van der Waals surface area contributed by atoms with Gasteiger partial charge in [0.05, 0.1) is 25.7 Å². The predicted molar refractivity (Wildman–Crippen MR) is 103 cm³/mol. The SMILES string of the molecule is CCCOc1cc(N2CC(Oc3ccc(C(C)NC(C)=O)cc3)C2)ncn1. The Kier molecular flexibility index (Phi) is 6.11. The van der Waals surface area contributed by atoms with Gasteiger partial charge in [0, 0.05) is 13.0 Å². The van der Waals surface area contributed by atoms with E-state index >= 15 is 0 Å². The minimum absolute atomic E-state index is 0.0161. The van der Waals surface area contributed by atoms with E-state index in [1.54, 1.807) is 0 Å². The van der Waals surface area contributed by atoms with Crippen LogP contribution in [0.4, 0.5) is 5.82 Å². The first-order chi connectivity index (χ1) is 13.0. The van der Waals surface area contributed by atoms with Crippen LogP contribution in [0.25, 0.3) is 0 Å². The van der Waals surface area contributed by atoms with Crippen LogP contribution in [-0.4, -0.2) is 41.7 Å². The Morgan fingerprint density at radius 1 is 1.30 bits per heavy atom. The molecular formula is C20H26N4O3. The van der Waals surface area contributed by atoms with Crippen LogP contribution in [0.15, 0.2) is 36.7 Å². The molecule has 1 atom stereocenters. The van der Waals surface area contributed by atoms with Crippen molar-refractivity contribution in [3.8, 4) is 11.6 Å². The monoisotopic (exact) mass is 370 g/mol. The first-order valence-corrected chi connectivity index (χ1v) is 9.28. The highest BCUT2D eigenvalue weighted by molar-refractivity contribution is 5.73. The van der Waals surface area contributed by atoms with Gasteiger partial charge in [0.1, 0.15) is 24.0 Å². The van der Waals surface area contributed by atoms with Gasteiger partial charge >= 0.3 is 0 Å². The van der Waals surface area contributed by atoms with Gasteiger partial charge in [0.2, 0.25) is 11.8 Å². The lowest BCUT2D eigenvalue weighted by Gasteiger charge is -2.39. The summed E-state index contributed by atoms with van der Waals surface area (Å²) in [5, 5.41) is 2.87. The van der Waals surface area contributed by atoms with E-state index in [2.05, 4.69) is 27.1 Å². The third-order valence-corrected chi connectivity index (χ3v) is 4.36. The number of hydrogen-bond acceptors (Lipinski definition) is 6. The molecule has 1 amide bonds. The van der Waals surface area contributed by atoms with E-state index in [9.17, 15) is 4.79 Å². The molecular weight excluding hydrogens is 344 g/mol. The molecule has 7 nitrogen and oxygen atoms in total. The van der Waals surface area contributed by atoms with Crippen LogP contribution in [0.2, 0.25) is 0 Å². The van der Waals surface area contributed by atoms with Gasteiger partial charge in [-0.15, -0.1) is 0 Å². The molecule has 1 saturated heterocycles. The van der Waals surface area contributed by atoms with Crippen LogP contribution < -0.4 is 19.7 Å². The molecule has 1 fully saturated rings. The van der Waals surface area contributed by atoms with Crippen molar-refractivity contribution in [3.05, 3.63) is 42.2 Å². The van der Waals surface area contributed by atoms with E-state index in [1.807, 2.05) is 37.3 Å².